The van der Waals surface area contributed by atoms with Crippen molar-refractivity contribution in [3.05, 3.63) is 102 Å². The van der Waals surface area contributed by atoms with Crippen molar-refractivity contribution in [3.63, 3.8) is 0 Å². The molecule has 0 radical (unpaired) electrons. The Balaban J connectivity index is 1.62. The minimum Gasteiger partial charge on any atom is -0.321 e. The Hall–Kier alpha value is -3.92. The molecule has 0 aliphatic heterocycles. The summed E-state index contributed by atoms with van der Waals surface area (Å²) in [6.07, 6.45) is 5.75. The predicted molar refractivity (Wildman–Crippen MR) is 116 cm³/mol. The molecule has 0 unspecified atom stereocenters. The quantitative estimate of drug-likeness (QED) is 0.482. The number of nitrogens with zero attached hydrogens (tertiary/aromatic N) is 1. The molecular weight excluding hydrogens is 346 g/mol. The zero-order valence-corrected chi connectivity index (χ0v) is 15.2. The molecule has 0 atom stereocenters. The summed E-state index contributed by atoms with van der Waals surface area (Å²) in [6.45, 7) is 3.82. The van der Waals surface area contributed by atoms with E-state index < -0.39 is 0 Å². The number of carbonyl (C=O) groups excluding carboxylic acids is 1. The Morgan fingerprint density at radius 1 is 0.964 bits per heavy atom. The lowest BCUT2D eigenvalue weighted by atomic mass is 10.1. The first-order valence-corrected chi connectivity index (χ1v) is 8.99. The van der Waals surface area contributed by atoms with E-state index in [4.69, 9.17) is 0 Å². The van der Waals surface area contributed by atoms with Crippen molar-refractivity contribution in [1.29, 1.82) is 0 Å². The molecule has 28 heavy (non-hydrogen) atoms. The topological polar surface area (TPSA) is 57.8 Å². The molecule has 0 aliphatic rings. The molecule has 0 aliphatic carbocycles. The van der Waals surface area contributed by atoms with E-state index in [9.17, 15) is 4.79 Å². The minimum atomic E-state index is -0.135. The van der Waals surface area contributed by atoms with Gasteiger partial charge in [0, 0.05) is 16.6 Å². The number of amides is 1. The summed E-state index contributed by atoms with van der Waals surface area (Å²) in [6, 6.07) is 22.9. The number of hydrogen-bond donors (Lipinski definition) is 2. The first kappa shape index (κ1) is 17.5. The van der Waals surface area contributed by atoms with Gasteiger partial charge in [0.1, 0.15) is 0 Å². The molecule has 0 bridgehead atoms. The van der Waals surface area contributed by atoms with Gasteiger partial charge in [-0.2, -0.15) is 5.10 Å². The summed E-state index contributed by atoms with van der Waals surface area (Å²) in [5, 5.41) is 11.4. The molecule has 2 N–H and O–H groups in total. The summed E-state index contributed by atoms with van der Waals surface area (Å²) in [4.78, 5) is 12.5. The standard InChI is InChI=1S/C24H19N3O/c1-2-17-12-14-22-20(16-17)23(27-26-22)15-13-18-8-6-7-11-21(18)25-24(28)19-9-4-3-5-10-19/h2-16H,1H2,(H,25,28)(H,26,27)/b15-13+. The lowest BCUT2D eigenvalue weighted by Gasteiger charge is -2.08. The number of para-hydroxylation sites is 1. The Morgan fingerprint density at radius 3 is 2.57 bits per heavy atom. The van der Waals surface area contributed by atoms with E-state index in [1.165, 1.54) is 0 Å². The average Bonchev–Trinajstić information content (AvgIpc) is 3.15. The SMILES string of the molecule is C=Cc1ccc2n[nH]c(/C=C/c3ccccc3NC(=O)c3ccccc3)c2c1. The molecule has 4 nitrogen and oxygen atoms in total. The Kier molecular flexibility index (Phi) is 4.85. The Morgan fingerprint density at radius 2 is 1.75 bits per heavy atom. The van der Waals surface area contributed by atoms with Gasteiger partial charge in [-0.1, -0.05) is 61.2 Å². The number of aromatic amines is 1. The smallest absolute Gasteiger partial charge is 0.255 e. The lowest BCUT2D eigenvalue weighted by Crippen LogP contribution is -2.12. The number of rotatable bonds is 5. The maximum Gasteiger partial charge on any atom is 0.255 e. The summed E-state index contributed by atoms with van der Waals surface area (Å²) < 4.78 is 0. The number of aromatic nitrogens is 2. The highest BCUT2D eigenvalue weighted by atomic mass is 16.1. The summed E-state index contributed by atoms with van der Waals surface area (Å²) >= 11 is 0. The van der Waals surface area contributed by atoms with E-state index in [1.807, 2.05) is 72.8 Å². The van der Waals surface area contributed by atoms with Crippen molar-refractivity contribution >= 4 is 40.7 Å². The minimum absolute atomic E-state index is 0.135. The predicted octanol–water partition coefficient (Wildman–Crippen LogP) is 5.63. The molecule has 4 rings (SSSR count). The maximum absolute atomic E-state index is 12.5. The van der Waals surface area contributed by atoms with Crippen molar-refractivity contribution in [1.82, 2.24) is 10.2 Å². The second-order valence-corrected chi connectivity index (χ2v) is 6.36. The maximum atomic E-state index is 12.5. The van der Waals surface area contributed by atoms with Crippen LogP contribution in [0, 0.1) is 0 Å². The van der Waals surface area contributed by atoms with Crippen molar-refractivity contribution in [2.24, 2.45) is 0 Å². The van der Waals surface area contributed by atoms with Gasteiger partial charge in [0.05, 0.1) is 11.2 Å². The lowest BCUT2D eigenvalue weighted by molar-refractivity contribution is 0.102. The molecular formula is C24H19N3O. The highest BCUT2D eigenvalue weighted by molar-refractivity contribution is 6.05. The van der Waals surface area contributed by atoms with Gasteiger partial charge in [0.15, 0.2) is 0 Å². The summed E-state index contributed by atoms with van der Waals surface area (Å²) in [5.74, 6) is -0.135. The number of fused-ring (bicyclic) bond motifs is 1. The van der Waals surface area contributed by atoms with Crippen LogP contribution < -0.4 is 5.32 Å². The fourth-order valence-electron chi connectivity index (χ4n) is 3.01. The highest BCUT2D eigenvalue weighted by Gasteiger charge is 2.08. The van der Waals surface area contributed by atoms with Crippen LogP contribution in [0.15, 0.2) is 79.4 Å². The van der Waals surface area contributed by atoms with Crippen molar-refractivity contribution in [3.8, 4) is 0 Å². The Labute approximate surface area is 163 Å². The van der Waals surface area contributed by atoms with Crippen molar-refractivity contribution in [2.45, 2.75) is 0 Å². The van der Waals surface area contributed by atoms with E-state index in [1.54, 1.807) is 12.1 Å². The van der Waals surface area contributed by atoms with Gasteiger partial charge < -0.3 is 5.32 Å². The van der Waals surface area contributed by atoms with E-state index in [0.717, 1.165) is 33.4 Å². The zero-order valence-electron chi connectivity index (χ0n) is 15.2. The van der Waals surface area contributed by atoms with Crippen LogP contribution in [-0.2, 0) is 0 Å². The van der Waals surface area contributed by atoms with E-state index in [0.29, 0.717) is 5.56 Å². The van der Waals surface area contributed by atoms with Gasteiger partial charge >= 0.3 is 0 Å². The van der Waals surface area contributed by atoms with Crippen LogP contribution in [0.25, 0.3) is 29.1 Å². The molecule has 0 spiro atoms. The van der Waals surface area contributed by atoms with Crippen LogP contribution in [0.1, 0.15) is 27.2 Å². The zero-order chi connectivity index (χ0) is 19.3. The fraction of sp³-hybridized carbons (Fsp3) is 0. The van der Waals surface area contributed by atoms with E-state index >= 15 is 0 Å². The molecule has 1 heterocycles. The largest absolute Gasteiger partial charge is 0.321 e. The number of hydrogen-bond acceptors (Lipinski definition) is 2. The molecule has 1 amide bonds. The van der Waals surface area contributed by atoms with Gasteiger partial charge in [0.2, 0.25) is 0 Å². The molecule has 3 aromatic carbocycles. The molecule has 0 saturated carbocycles. The fourth-order valence-corrected chi connectivity index (χ4v) is 3.01. The van der Waals surface area contributed by atoms with Crippen molar-refractivity contribution in [2.75, 3.05) is 5.32 Å². The van der Waals surface area contributed by atoms with E-state index in [2.05, 4.69) is 28.2 Å². The third kappa shape index (κ3) is 3.62. The second-order valence-electron chi connectivity index (χ2n) is 6.36. The molecule has 0 saturated heterocycles. The van der Waals surface area contributed by atoms with Gasteiger partial charge in [0.25, 0.3) is 5.91 Å². The normalized spacial score (nSPS) is 11.0. The molecule has 4 aromatic rings. The summed E-state index contributed by atoms with van der Waals surface area (Å²) in [5.41, 5.74) is 5.13. The average molecular weight is 365 g/mol. The van der Waals surface area contributed by atoms with E-state index in [-0.39, 0.29) is 5.91 Å². The van der Waals surface area contributed by atoms with Crippen molar-refractivity contribution < 1.29 is 4.79 Å². The van der Waals surface area contributed by atoms with Gasteiger partial charge in [-0.25, -0.2) is 0 Å². The number of anilines is 1. The van der Waals surface area contributed by atoms with Gasteiger partial charge in [-0.05, 0) is 47.5 Å². The van der Waals surface area contributed by atoms with Crippen LogP contribution in [0.2, 0.25) is 0 Å². The third-order valence-corrected chi connectivity index (χ3v) is 4.52. The Bertz CT molecular complexity index is 1170. The number of benzene rings is 3. The van der Waals surface area contributed by atoms with Crippen LogP contribution in [0.4, 0.5) is 5.69 Å². The van der Waals surface area contributed by atoms with Crippen LogP contribution in [-0.4, -0.2) is 16.1 Å². The number of carbonyl (C=O) groups is 1. The monoisotopic (exact) mass is 365 g/mol. The first-order valence-electron chi connectivity index (χ1n) is 8.99. The molecule has 1 aromatic heterocycles. The number of nitrogens with one attached hydrogen (secondary N) is 2. The number of H-pyrrole nitrogens is 1. The third-order valence-electron chi connectivity index (χ3n) is 4.52. The van der Waals surface area contributed by atoms with Crippen LogP contribution in [0.5, 0.6) is 0 Å². The highest BCUT2D eigenvalue weighted by Crippen LogP contribution is 2.23. The van der Waals surface area contributed by atoms with Crippen LogP contribution in [0.3, 0.4) is 0 Å². The van der Waals surface area contributed by atoms with Crippen LogP contribution >= 0.6 is 0 Å². The first-order chi connectivity index (χ1) is 13.7. The van der Waals surface area contributed by atoms with Gasteiger partial charge in [-0.15, -0.1) is 0 Å². The molecule has 4 heteroatoms. The summed E-state index contributed by atoms with van der Waals surface area (Å²) in [7, 11) is 0. The molecule has 0 fully saturated rings. The second kappa shape index (κ2) is 7.76. The van der Waals surface area contributed by atoms with Gasteiger partial charge in [-0.3, -0.25) is 9.89 Å². The molecule has 136 valence electrons.